The van der Waals surface area contributed by atoms with Crippen molar-refractivity contribution in [2.75, 3.05) is 0 Å². The molecule has 2 aromatic carbocycles. The second-order valence-corrected chi connectivity index (χ2v) is 6.45. The minimum absolute atomic E-state index is 0.573. The van der Waals surface area contributed by atoms with E-state index in [0.717, 1.165) is 12.8 Å². The molecule has 0 saturated heterocycles. The molecular weight excluding hydrogens is 292 g/mol. The summed E-state index contributed by atoms with van der Waals surface area (Å²) in [6, 6.07) is 17.3. The minimum atomic E-state index is 0.573. The van der Waals surface area contributed by atoms with Gasteiger partial charge in [0.05, 0.1) is 0 Å². The maximum Gasteiger partial charge on any atom is 0.0178 e. The quantitative estimate of drug-likeness (QED) is 0.843. The molecule has 2 heteroatoms. The van der Waals surface area contributed by atoms with Crippen LogP contribution in [0.4, 0.5) is 0 Å². The summed E-state index contributed by atoms with van der Waals surface area (Å²) in [5, 5.41) is 0. The number of allylic oxidation sites excluding steroid dienone is 4. The zero-order valence-corrected chi connectivity index (χ0v) is 14.6. The maximum atomic E-state index is 5.85. The van der Waals surface area contributed by atoms with E-state index in [4.69, 9.17) is 11.5 Å². The molecule has 0 aromatic heterocycles. The van der Waals surface area contributed by atoms with Gasteiger partial charge < -0.3 is 11.5 Å². The lowest BCUT2D eigenvalue weighted by atomic mass is 9.91. The van der Waals surface area contributed by atoms with Crippen LogP contribution in [0.3, 0.4) is 0 Å². The average molecular weight is 318 g/mol. The Morgan fingerprint density at radius 3 is 2.04 bits per heavy atom. The molecule has 0 fully saturated rings. The van der Waals surface area contributed by atoms with Gasteiger partial charge in [-0.15, -0.1) is 0 Å². The van der Waals surface area contributed by atoms with Crippen molar-refractivity contribution in [3.05, 3.63) is 81.9 Å². The third-order valence-corrected chi connectivity index (χ3v) is 4.88. The van der Waals surface area contributed by atoms with Crippen LogP contribution in [0.5, 0.6) is 0 Å². The molecule has 2 aromatic rings. The highest BCUT2D eigenvalue weighted by molar-refractivity contribution is 6.02. The van der Waals surface area contributed by atoms with Crippen molar-refractivity contribution in [2.45, 2.75) is 39.8 Å². The van der Waals surface area contributed by atoms with E-state index in [1.165, 1.54) is 44.5 Å². The summed E-state index contributed by atoms with van der Waals surface area (Å²) in [7, 11) is 0. The Hall–Kier alpha value is -2.16. The van der Waals surface area contributed by atoms with Crippen molar-refractivity contribution >= 4 is 11.1 Å². The van der Waals surface area contributed by atoms with Gasteiger partial charge in [-0.3, -0.25) is 0 Å². The molecule has 0 saturated carbocycles. The van der Waals surface area contributed by atoms with E-state index in [2.05, 4.69) is 62.4 Å². The van der Waals surface area contributed by atoms with Gasteiger partial charge in [0.25, 0.3) is 0 Å². The molecule has 124 valence electrons. The number of hydrogen-bond donors (Lipinski definition) is 2. The van der Waals surface area contributed by atoms with E-state index in [1.54, 1.807) is 0 Å². The molecule has 0 aliphatic heterocycles. The molecule has 24 heavy (non-hydrogen) atoms. The zero-order valence-electron chi connectivity index (χ0n) is 14.6. The lowest BCUT2D eigenvalue weighted by Gasteiger charge is -2.14. The first-order valence-electron chi connectivity index (χ1n) is 8.68. The Morgan fingerprint density at radius 1 is 0.875 bits per heavy atom. The van der Waals surface area contributed by atoms with Gasteiger partial charge in [-0.05, 0) is 64.8 Å². The second-order valence-electron chi connectivity index (χ2n) is 6.45. The van der Waals surface area contributed by atoms with Crippen LogP contribution in [0.15, 0.2) is 59.7 Å². The second kappa shape index (κ2) is 7.16. The van der Waals surface area contributed by atoms with E-state index in [1.807, 2.05) is 0 Å². The van der Waals surface area contributed by atoms with Gasteiger partial charge in [-0.2, -0.15) is 0 Å². The Bertz CT molecular complexity index is 812. The fourth-order valence-corrected chi connectivity index (χ4v) is 3.67. The van der Waals surface area contributed by atoms with Gasteiger partial charge >= 0.3 is 0 Å². The molecule has 0 bridgehead atoms. The molecular formula is C22H26N2. The van der Waals surface area contributed by atoms with Gasteiger partial charge in [-0.1, -0.05) is 55.0 Å². The van der Waals surface area contributed by atoms with Crippen molar-refractivity contribution in [3.63, 3.8) is 0 Å². The van der Waals surface area contributed by atoms with Crippen LogP contribution in [0.1, 0.15) is 48.9 Å². The molecule has 1 aliphatic rings. The fraction of sp³-hybridized carbons (Fsp3) is 0.273. The first-order chi connectivity index (χ1) is 11.7. The smallest absolute Gasteiger partial charge is 0.0178 e. The number of hydrogen-bond acceptors (Lipinski definition) is 2. The summed E-state index contributed by atoms with van der Waals surface area (Å²) < 4.78 is 0. The lowest BCUT2D eigenvalue weighted by molar-refractivity contribution is 1.07. The summed E-state index contributed by atoms with van der Waals surface area (Å²) in [6.07, 6.45) is 2.06. The van der Waals surface area contributed by atoms with Gasteiger partial charge in [0.1, 0.15) is 0 Å². The van der Waals surface area contributed by atoms with Crippen molar-refractivity contribution in [2.24, 2.45) is 11.5 Å². The Balaban J connectivity index is 2.19. The highest BCUT2D eigenvalue weighted by Gasteiger charge is 2.23. The number of rotatable bonds is 5. The van der Waals surface area contributed by atoms with Crippen LogP contribution in [0.25, 0.3) is 11.1 Å². The van der Waals surface area contributed by atoms with Crippen molar-refractivity contribution in [3.8, 4) is 0 Å². The van der Waals surface area contributed by atoms with Crippen molar-refractivity contribution < 1.29 is 0 Å². The molecule has 0 atom stereocenters. The Morgan fingerprint density at radius 2 is 1.46 bits per heavy atom. The molecule has 0 radical (unpaired) electrons. The van der Waals surface area contributed by atoms with Crippen LogP contribution in [-0.4, -0.2) is 0 Å². The Kier molecular flexibility index (Phi) is 4.98. The molecule has 2 nitrogen and oxygen atoms in total. The summed E-state index contributed by atoms with van der Waals surface area (Å²) in [4.78, 5) is 0. The standard InChI is InChI=1S/C22H26N2/c1-3-20-15(2)10-21(18-8-4-6-16(11-18)13-23)22(20)19-9-5-7-17(12-19)14-24/h4-9,11-12H,3,10,13-14,23-24H2,1-2H3. The topological polar surface area (TPSA) is 52.0 Å². The van der Waals surface area contributed by atoms with E-state index < -0.39 is 0 Å². The number of nitrogens with two attached hydrogens (primary N) is 2. The summed E-state index contributed by atoms with van der Waals surface area (Å²) in [5.74, 6) is 0. The van der Waals surface area contributed by atoms with Crippen LogP contribution in [0.2, 0.25) is 0 Å². The normalized spacial score (nSPS) is 14.7. The highest BCUT2D eigenvalue weighted by Crippen LogP contribution is 2.45. The summed E-state index contributed by atoms with van der Waals surface area (Å²) >= 11 is 0. The molecule has 4 N–H and O–H groups in total. The van der Waals surface area contributed by atoms with Gasteiger partial charge in [0.15, 0.2) is 0 Å². The lowest BCUT2D eigenvalue weighted by Crippen LogP contribution is -1.99. The van der Waals surface area contributed by atoms with Gasteiger partial charge in [-0.25, -0.2) is 0 Å². The SMILES string of the molecule is CCC1=C(C)CC(c2cccc(CN)c2)=C1c1cccc(CN)c1. The van der Waals surface area contributed by atoms with Crippen LogP contribution in [-0.2, 0) is 13.1 Å². The van der Waals surface area contributed by atoms with Gasteiger partial charge in [0, 0.05) is 13.1 Å². The van der Waals surface area contributed by atoms with E-state index in [9.17, 15) is 0 Å². The van der Waals surface area contributed by atoms with E-state index in [-0.39, 0.29) is 0 Å². The maximum absolute atomic E-state index is 5.85. The Labute approximate surface area is 144 Å². The predicted molar refractivity (Wildman–Crippen MR) is 103 cm³/mol. The third kappa shape index (κ3) is 3.08. The zero-order chi connectivity index (χ0) is 17.1. The van der Waals surface area contributed by atoms with Crippen LogP contribution in [0, 0.1) is 0 Å². The molecule has 1 aliphatic carbocycles. The molecule has 0 amide bonds. The predicted octanol–water partition coefficient (Wildman–Crippen LogP) is 4.65. The van der Waals surface area contributed by atoms with Crippen molar-refractivity contribution in [1.29, 1.82) is 0 Å². The monoisotopic (exact) mass is 318 g/mol. The highest BCUT2D eigenvalue weighted by atomic mass is 14.5. The fourth-order valence-electron chi connectivity index (χ4n) is 3.67. The summed E-state index contributed by atoms with van der Waals surface area (Å²) in [6.45, 7) is 5.64. The molecule has 0 heterocycles. The molecule has 3 rings (SSSR count). The first-order valence-corrected chi connectivity index (χ1v) is 8.68. The van der Waals surface area contributed by atoms with Gasteiger partial charge in [0.2, 0.25) is 0 Å². The van der Waals surface area contributed by atoms with E-state index in [0.29, 0.717) is 13.1 Å². The minimum Gasteiger partial charge on any atom is -0.326 e. The first kappa shape index (κ1) is 16.7. The van der Waals surface area contributed by atoms with Crippen molar-refractivity contribution in [1.82, 2.24) is 0 Å². The third-order valence-electron chi connectivity index (χ3n) is 4.88. The number of benzene rings is 2. The van der Waals surface area contributed by atoms with Crippen LogP contribution >= 0.6 is 0 Å². The summed E-state index contributed by atoms with van der Waals surface area (Å²) in [5.41, 5.74) is 22.4. The largest absolute Gasteiger partial charge is 0.326 e. The molecule has 0 unspecified atom stereocenters. The average Bonchev–Trinajstić information content (AvgIpc) is 2.98. The van der Waals surface area contributed by atoms with Crippen LogP contribution < -0.4 is 11.5 Å². The molecule has 0 spiro atoms. The van der Waals surface area contributed by atoms with E-state index >= 15 is 0 Å².